The molecule has 12 heteroatoms. The third-order valence-electron chi connectivity index (χ3n) is 6.85. The summed E-state index contributed by atoms with van der Waals surface area (Å²) in [7, 11) is 0. The number of pyridine rings is 1. The Labute approximate surface area is 201 Å². The summed E-state index contributed by atoms with van der Waals surface area (Å²) in [6.45, 7) is 5.03. The van der Waals surface area contributed by atoms with Gasteiger partial charge in [-0.15, -0.1) is 0 Å². The van der Waals surface area contributed by atoms with Gasteiger partial charge in [-0.25, -0.2) is 9.18 Å². The minimum Gasteiger partial charge on any atom is -0.477 e. The van der Waals surface area contributed by atoms with E-state index in [1.807, 2.05) is 14.7 Å². The Kier molecular flexibility index (Phi) is 6.05. The number of nitrogens with zero attached hydrogens (tertiary/aromatic N) is 5. The highest BCUT2D eigenvalue weighted by atomic mass is 19.1. The van der Waals surface area contributed by atoms with Gasteiger partial charge in [-0.05, 0) is 25.0 Å². The quantitative estimate of drug-likeness (QED) is 0.363. The number of aliphatic imine (C=N–C) groups is 1. The van der Waals surface area contributed by atoms with Crippen molar-refractivity contribution in [2.45, 2.75) is 18.9 Å². The van der Waals surface area contributed by atoms with Crippen molar-refractivity contribution in [3.63, 3.8) is 0 Å². The van der Waals surface area contributed by atoms with Crippen molar-refractivity contribution >= 4 is 34.5 Å². The summed E-state index contributed by atoms with van der Waals surface area (Å²) in [6.07, 6.45) is 3.17. The molecule has 2 saturated heterocycles. The average molecular weight is 485 g/mol. The number of nitrogens with two attached hydrogens (primary N) is 1. The van der Waals surface area contributed by atoms with Crippen LogP contribution in [0.4, 0.5) is 10.1 Å². The number of nitrogens with one attached hydrogen (secondary N) is 2. The van der Waals surface area contributed by atoms with E-state index in [2.05, 4.69) is 10.3 Å². The van der Waals surface area contributed by atoms with Gasteiger partial charge in [0.25, 0.3) is 0 Å². The van der Waals surface area contributed by atoms with Crippen molar-refractivity contribution in [1.82, 2.24) is 19.7 Å². The highest BCUT2D eigenvalue weighted by molar-refractivity contribution is 5.94. The summed E-state index contributed by atoms with van der Waals surface area (Å²) in [5, 5.41) is 20.9. The molecule has 3 heterocycles. The summed E-state index contributed by atoms with van der Waals surface area (Å²) < 4.78 is 17.0. The fourth-order valence-electron chi connectivity index (χ4n) is 4.71. The molecule has 2 aromatic rings. The number of hydrogen-bond donors (Lipinski definition) is 4. The first-order valence-corrected chi connectivity index (χ1v) is 11.8. The molecule has 0 spiro atoms. The van der Waals surface area contributed by atoms with E-state index in [-0.39, 0.29) is 28.9 Å². The summed E-state index contributed by atoms with van der Waals surface area (Å²) >= 11 is 0. The first-order valence-electron chi connectivity index (χ1n) is 11.8. The molecule has 5 N–H and O–H groups in total. The molecule has 0 atom stereocenters. The van der Waals surface area contributed by atoms with Crippen molar-refractivity contribution in [1.29, 1.82) is 5.41 Å². The second-order valence-corrected chi connectivity index (χ2v) is 9.14. The normalized spacial score (nSPS) is 19.3. The summed E-state index contributed by atoms with van der Waals surface area (Å²) in [6, 6.07) is 2.94. The number of fused-ring (bicyclic) bond motifs is 1. The minimum atomic E-state index is -1.31. The van der Waals surface area contributed by atoms with Crippen molar-refractivity contribution in [3.05, 3.63) is 39.9 Å². The van der Waals surface area contributed by atoms with E-state index in [4.69, 9.17) is 11.1 Å². The Morgan fingerprint density at radius 3 is 2.43 bits per heavy atom. The molecule has 0 radical (unpaired) electrons. The van der Waals surface area contributed by atoms with Gasteiger partial charge in [0.2, 0.25) is 11.4 Å². The molecule has 35 heavy (non-hydrogen) atoms. The predicted octanol–water partition coefficient (Wildman–Crippen LogP) is 0.450. The zero-order chi connectivity index (χ0) is 24.7. The van der Waals surface area contributed by atoms with E-state index in [0.29, 0.717) is 50.5 Å². The predicted molar refractivity (Wildman–Crippen MR) is 131 cm³/mol. The lowest BCUT2D eigenvalue weighted by molar-refractivity contribution is 0.0695. The average Bonchev–Trinajstić information content (AvgIpc) is 3.70. The van der Waals surface area contributed by atoms with E-state index in [1.54, 1.807) is 10.6 Å². The van der Waals surface area contributed by atoms with Gasteiger partial charge in [-0.2, -0.15) is 4.99 Å². The Hall–Kier alpha value is -3.67. The molecule has 0 unspecified atom stereocenters. The summed E-state index contributed by atoms with van der Waals surface area (Å²) in [5.41, 5.74) is 6.08. The van der Waals surface area contributed by atoms with Crippen LogP contribution in [0.15, 0.2) is 28.1 Å². The number of anilines is 1. The first-order chi connectivity index (χ1) is 16.8. The van der Waals surface area contributed by atoms with Crippen LogP contribution in [0, 0.1) is 11.2 Å². The van der Waals surface area contributed by atoms with Crippen LogP contribution in [0.1, 0.15) is 29.2 Å². The largest absolute Gasteiger partial charge is 0.477 e. The smallest absolute Gasteiger partial charge is 0.341 e. The molecule has 2 aliphatic heterocycles. The molecule has 1 aromatic carbocycles. The van der Waals surface area contributed by atoms with Crippen molar-refractivity contribution in [2.24, 2.45) is 10.7 Å². The van der Waals surface area contributed by atoms with E-state index >= 15 is 4.39 Å². The molecule has 3 aliphatic rings. The van der Waals surface area contributed by atoms with Crippen LogP contribution in [-0.2, 0) is 0 Å². The number of aromatic nitrogens is 1. The van der Waals surface area contributed by atoms with Gasteiger partial charge in [0.1, 0.15) is 11.4 Å². The second-order valence-electron chi connectivity index (χ2n) is 9.14. The molecular formula is C23H29FN8O3. The van der Waals surface area contributed by atoms with Gasteiger partial charge in [0.05, 0.1) is 11.2 Å². The monoisotopic (exact) mass is 484 g/mol. The third-order valence-corrected chi connectivity index (χ3v) is 6.85. The lowest BCUT2D eigenvalue weighted by Crippen LogP contribution is -2.52. The summed E-state index contributed by atoms with van der Waals surface area (Å²) in [5.74, 6) is -1.45. The van der Waals surface area contributed by atoms with Crippen molar-refractivity contribution in [3.8, 4) is 0 Å². The number of carboxylic acid groups (broad SMARTS) is 1. The highest BCUT2D eigenvalue weighted by Gasteiger charge is 2.29. The van der Waals surface area contributed by atoms with Crippen LogP contribution in [0.2, 0.25) is 0 Å². The topological polar surface area (TPSA) is 143 Å². The number of benzene rings is 1. The van der Waals surface area contributed by atoms with E-state index in [0.717, 1.165) is 32.0 Å². The van der Waals surface area contributed by atoms with Gasteiger partial charge in [0, 0.05) is 70.0 Å². The minimum absolute atomic E-state index is 0.0829. The first kappa shape index (κ1) is 23.1. The van der Waals surface area contributed by atoms with Crippen LogP contribution >= 0.6 is 0 Å². The molecule has 11 nitrogen and oxygen atoms in total. The maximum Gasteiger partial charge on any atom is 0.341 e. The Balaban J connectivity index is 1.36. The molecule has 1 aromatic heterocycles. The summed E-state index contributed by atoms with van der Waals surface area (Å²) in [4.78, 5) is 34.2. The molecular weight excluding hydrogens is 455 g/mol. The Morgan fingerprint density at radius 2 is 1.80 bits per heavy atom. The van der Waals surface area contributed by atoms with E-state index in [9.17, 15) is 14.7 Å². The van der Waals surface area contributed by atoms with Crippen LogP contribution in [0.3, 0.4) is 0 Å². The van der Waals surface area contributed by atoms with Crippen molar-refractivity contribution < 1.29 is 14.3 Å². The maximum absolute atomic E-state index is 15.2. The number of hydrogen-bond acceptors (Lipinski definition) is 5. The highest BCUT2D eigenvalue weighted by Crippen LogP contribution is 2.38. The number of halogens is 1. The van der Waals surface area contributed by atoms with Gasteiger partial charge in [-0.1, -0.05) is 0 Å². The third kappa shape index (κ3) is 4.53. The second kappa shape index (κ2) is 9.17. The van der Waals surface area contributed by atoms with E-state index in [1.165, 1.54) is 6.20 Å². The number of rotatable bonds is 3. The van der Waals surface area contributed by atoms with Gasteiger partial charge < -0.3 is 35.4 Å². The molecule has 186 valence electrons. The van der Waals surface area contributed by atoms with Gasteiger partial charge in [-0.3, -0.25) is 10.2 Å². The number of carbonyl (C=O) groups is 1. The number of carboxylic acids is 1. The SMILES string of the molecule is N=C(N=C(N)N1CCN(c2cc3c(cc2F)c(=O)c(C(=O)O)cn3C2CC2)CC1)N1CCNCC1. The molecule has 0 bridgehead atoms. The fourth-order valence-corrected chi connectivity index (χ4v) is 4.71. The molecule has 1 saturated carbocycles. The number of piperazine rings is 2. The lowest BCUT2D eigenvalue weighted by Gasteiger charge is -2.37. The van der Waals surface area contributed by atoms with Gasteiger partial charge in [0.15, 0.2) is 5.96 Å². The van der Waals surface area contributed by atoms with Crippen LogP contribution < -0.4 is 21.4 Å². The Morgan fingerprint density at radius 1 is 1.11 bits per heavy atom. The number of aromatic carboxylic acids is 1. The van der Waals surface area contributed by atoms with Crippen molar-refractivity contribution in [2.75, 3.05) is 57.3 Å². The fraction of sp³-hybridized carbons (Fsp3) is 0.478. The van der Waals surface area contributed by atoms with Crippen LogP contribution in [0.5, 0.6) is 0 Å². The Bertz CT molecular complexity index is 1260. The maximum atomic E-state index is 15.2. The molecule has 0 amide bonds. The zero-order valence-corrected chi connectivity index (χ0v) is 19.3. The van der Waals surface area contributed by atoms with E-state index < -0.39 is 17.2 Å². The number of guanidine groups is 2. The lowest BCUT2D eigenvalue weighted by atomic mass is 10.1. The standard InChI is InChI=1S/C23H29FN8O3/c24-17-11-15-18(32(14-1-2-14)13-16(20(15)33)21(34)35)12-19(17)29-7-9-31(10-8-29)23(26)28-22(25)30-5-3-27-4-6-30/h11-14,27H,1-10H2,(H,34,35)(H3,25,26,28). The van der Waals surface area contributed by atoms with Crippen LogP contribution in [0.25, 0.3) is 10.9 Å². The van der Waals surface area contributed by atoms with Gasteiger partial charge >= 0.3 is 5.97 Å². The van der Waals surface area contributed by atoms with Crippen LogP contribution in [-0.4, -0.2) is 89.7 Å². The molecule has 3 fully saturated rings. The molecule has 1 aliphatic carbocycles. The molecule has 5 rings (SSSR count). The zero-order valence-electron chi connectivity index (χ0n) is 19.3.